The average Bonchev–Trinajstić information content (AvgIpc) is 2.88. The van der Waals surface area contributed by atoms with Crippen molar-refractivity contribution in [3.63, 3.8) is 0 Å². The van der Waals surface area contributed by atoms with Crippen molar-refractivity contribution in [1.82, 2.24) is 9.21 Å². The van der Waals surface area contributed by atoms with Gasteiger partial charge in [-0.3, -0.25) is 4.79 Å². The SMILES string of the molecule is O=C(c1cccc(F)c1)N1CCCN(S(=O)(=O)c2ccc(F)cc2)CC1. The number of hydrogen-bond acceptors (Lipinski definition) is 3. The molecule has 138 valence electrons. The van der Waals surface area contributed by atoms with E-state index in [1.54, 1.807) is 0 Å². The quantitative estimate of drug-likeness (QED) is 0.822. The Labute approximate surface area is 150 Å². The van der Waals surface area contributed by atoms with Crippen LogP contribution in [0.25, 0.3) is 0 Å². The first-order chi connectivity index (χ1) is 12.4. The molecule has 1 aliphatic rings. The fourth-order valence-corrected chi connectivity index (χ4v) is 4.37. The van der Waals surface area contributed by atoms with Crippen molar-refractivity contribution >= 4 is 15.9 Å². The predicted molar refractivity (Wildman–Crippen MR) is 92.1 cm³/mol. The van der Waals surface area contributed by atoms with E-state index in [-0.39, 0.29) is 36.0 Å². The molecule has 0 spiro atoms. The van der Waals surface area contributed by atoms with Gasteiger partial charge in [0.1, 0.15) is 11.6 Å². The summed E-state index contributed by atoms with van der Waals surface area (Å²) in [6, 6.07) is 10.1. The fourth-order valence-electron chi connectivity index (χ4n) is 2.90. The first-order valence-electron chi connectivity index (χ1n) is 8.18. The Morgan fingerprint density at radius 2 is 1.62 bits per heavy atom. The molecular formula is C18H18F2N2O3S. The molecule has 0 aliphatic carbocycles. The van der Waals surface area contributed by atoms with Gasteiger partial charge in [0.15, 0.2) is 0 Å². The summed E-state index contributed by atoms with van der Waals surface area (Å²) in [7, 11) is -3.75. The lowest BCUT2D eigenvalue weighted by atomic mass is 10.2. The van der Waals surface area contributed by atoms with Crippen LogP contribution >= 0.6 is 0 Å². The van der Waals surface area contributed by atoms with Crippen molar-refractivity contribution in [2.45, 2.75) is 11.3 Å². The van der Waals surface area contributed by atoms with Gasteiger partial charge in [-0.1, -0.05) is 6.07 Å². The largest absolute Gasteiger partial charge is 0.337 e. The van der Waals surface area contributed by atoms with Crippen LogP contribution in [0.1, 0.15) is 16.8 Å². The first-order valence-corrected chi connectivity index (χ1v) is 9.62. The zero-order valence-electron chi connectivity index (χ0n) is 13.9. The summed E-state index contributed by atoms with van der Waals surface area (Å²) in [5.74, 6) is -1.33. The Hall–Kier alpha value is -2.32. The zero-order chi connectivity index (χ0) is 18.7. The molecule has 26 heavy (non-hydrogen) atoms. The summed E-state index contributed by atoms with van der Waals surface area (Å²) >= 11 is 0. The molecule has 8 heteroatoms. The van der Waals surface area contributed by atoms with Crippen LogP contribution in [0.4, 0.5) is 8.78 Å². The van der Waals surface area contributed by atoms with E-state index in [1.807, 2.05) is 0 Å². The maximum absolute atomic E-state index is 13.3. The van der Waals surface area contributed by atoms with Gasteiger partial charge in [-0.2, -0.15) is 4.31 Å². The van der Waals surface area contributed by atoms with Crippen LogP contribution in [-0.4, -0.2) is 49.7 Å². The van der Waals surface area contributed by atoms with Crippen molar-refractivity contribution < 1.29 is 22.0 Å². The molecule has 1 heterocycles. The number of halogens is 2. The molecule has 0 unspecified atom stereocenters. The Balaban J connectivity index is 1.73. The Kier molecular flexibility index (Phi) is 5.33. The van der Waals surface area contributed by atoms with Crippen LogP contribution in [0.2, 0.25) is 0 Å². The predicted octanol–water partition coefficient (Wildman–Crippen LogP) is 2.50. The van der Waals surface area contributed by atoms with E-state index in [1.165, 1.54) is 45.6 Å². The van der Waals surface area contributed by atoms with E-state index in [0.29, 0.717) is 13.0 Å². The van der Waals surface area contributed by atoms with E-state index in [0.717, 1.165) is 12.1 Å². The minimum atomic E-state index is -3.75. The van der Waals surface area contributed by atoms with Gasteiger partial charge < -0.3 is 4.90 Å². The summed E-state index contributed by atoms with van der Waals surface area (Å²) in [6.45, 7) is 0.966. The fraction of sp³-hybridized carbons (Fsp3) is 0.278. The molecule has 0 saturated carbocycles. The van der Waals surface area contributed by atoms with Gasteiger partial charge in [-0.05, 0) is 48.9 Å². The second-order valence-corrected chi connectivity index (χ2v) is 7.95. The highest BCUT2D eigenvalue weighted by atomic mass is 32.2. The van der Waals surface area contributed by atoms with Crippen molar-refractivity contribution in [1.29, 1.82) is 0 Å². The number of carbonyl (C=O) groups is 1. The molecule has 0 bridgehead atoms. The van der Waals surface area contributed by atoms with Gasteiger partial charge in [0.05, 0.1) is 4.90 Å². The lowest BCUT2D eigenvalue weighted by molar-refractivity contribution is 0.0763. The number of amides is 1. The molecule has 5 nitrogen and oxygen atoms in total. The van der Waals surface area contributed by atoms with Crippen LogP contribution < -0.4 is 0 Å². The van der Waals surface area contributed by atoms with E-state index < -0.39 is 21.7 Å². The number of sulfonamides is 1. The number of carbonyl (C=O) groups excluding carboxylic acids is 1. The number of rotatable bonds is 3. The van der Waals surface area contributed by atoms with Crippen molar-refractivity contribution in [3.05, 3.63) is 65.7 Å². The molecule has 0 radical (unpaired) electrons. The van der Waals surface area contributed by atoms with Gasteiger partial charge in [0.25, 0.3) is 5.91 Å². The van der Waals surface area contributed by atoms with Crippen LogP contribution in [0.5, 0.6) is 0 Å². The molecule has 2 aromatic rings. The van der Waals surface area contributed by atoms with Gasteiger partial charge in [0.2, 0.25) is 10.0 Å². The standard InChI is InChI=1S/C18H18F2N2O3S/c19-15-5-7-17(8-6-15)26(24,25)22-10-2-9-21(11-12-22)18(23)14-3-1-4-16(20)13-14/h1,3-8,13H,2,9-12H2. The molecule has 1 saturated heterocycles. The molecule has 1 amide bonds. The van der Waals surface area contributed by atoms with Gasteiger partial charge in [0, 0.05) is 31.7 Å². The number of nitrogens with zero attached hydrogens (tertiary/aromatic N) is 2. The van der Waals surface area contributed by atoms with Crippen molar-refractivity contribution in [2.75, 3.05) is 26.2 Å². The third-order valence-corrected chi connectivity index (χ3v) is 6.18. The molecule has 0 aromatic heterocycles. The summed E-state index contributed by atoms with van der Waals surface area (Å²) in [5, 5.41) is 0. The van der Waals surface area contributed by atoms with E-state index in [9.17, 15) is 22.0 Å². The third-order valence-electron chi connectivity index (χ3n) is 4.27. The van der Waals surface area contributed by atoms with Crippen LogP contribution in [0, 0.1) is 11.6 Å². The second kappa shape index (κ2) is 7.51. The lowest BCUT2D eigenvalue weighted by Gasteiger charge is -2.22. The average molecular weight is 380 g/mol. The molecular weight excluding hydrogens is 362 g/mol. The normalized spacial score (nSPS) is 16.3. The van der Waals surface area contributed by atoms with Crippen LogP contribution in [0.3, 0.4) is 0 Å². The summed E-state index contributed by atoms with van der Waals surface area (Å²) in [5.41, 5.74) is 0.236. The first kappa shape index (κ1) is 18.5. The second-order valence-electron chi connectivity index (χ2n) is 6.01. The van der Waals surface area contributed by atoms with E-state index in [2.05, 4.69) is 0 Å². The maximum atomic E-state index is 13.3. The third kappa shape index (κ3) is 3.91. The minimum absolute atomic E-state index is 0.0174. The summed E-state index contributed by atoms with van der Waals surface area (Å²) in [4.78, 5) is 14.1. The van der Waals surface area contributed by atoms with Gasteiger partial charge >= 0.3 is 0 Å². The monoisotopic (exact) mass is 380 g/mol. The number of benzene rings is 2. The van der Waals surface area contributed by atoms with Crippen molar-refractivity contribution in [3.8, 4) is 0 Å². The molecule has 0 N–H and O–H groups in total. The van der Waals surface area contributed by atoms with E-state index in [4.69, 9.17) is 0 Å². The Morgan fingerprint density at radius 1 is 0.885 bits per heavy atom. The summed E-state index contributed by atoms with van der Waals surface area (Å²) in [6.07, 6.45) is 0.460. The minimum Gasteiger partial charge on any atom is -0.337 e. The highest BCUT2D eigenvalue weighted by molar-refractivity contribution is 7.89. The smallest absolute Gasteiger partial charge is 0.254 e. The maximum Gasteiger partial charge on any atom is 0.254 e. The molecule has 1 aliphatic heterocycles. The Bertz CT molecular complexity index is 901. The molecule has 2 aromatic carbocycles. The van der Waals surface area contributed by atoms with Gasteiger partial charge in [-0.25, -0.2) is 17.2 Å². The van der Waals surface area contributed by atoms with E-state index >= 15 is 0 Å². The molecule has 1 fully saturated rings. The van der Waals surface area contributed by atoms with Crippen molar-refractivity contribution in [2.24, 2.45) is 0 Å². The van der Waals surface area contributed by atoms with Crippen LogP contribution in [-0.2, 0) is 10.0 Å². The van der Waals surface area contributed by atoms with Crippen LogP contribution in [0.15, 0.2) is 53.4 Å². The van der Waals surface area contributed by atoms with Gasteiger partial charge in [-0.15, -0.1) is 0 Å². The Morgan fingerprint density at radius 3 is 2.31 bits per heavy atom. The topological polar surface area (TPSA) is 57.7 Å². The highest BCUT2D eigenvalue weighted by Crippen LogP contribution is 2.19. The zero-order valence-corrected chi connectivity index (χ0v) is 14.8. The lowest BCUT2D eigenvalue weighted by Crippen LogP contribution is -2.37. The highest BCUT2D eigenvalue weighted by Gasteiger charge is 2.28. The molecule has 0 atom stereocenters. The molecule has 3 rings (SSSR count). The summed E-state index contributed by atoms with van der Waals surface area (Å²) < 4.78 is 53.0. The number of hydrogen-bond donors (Lipinski definition) is 0.